The Bertz CT molecular complexity index is 470. The number of thioether (sulfide) groups is 1. The van der Waals surface area contributed by atoms with Gasteiger partial charge in [-0.1, -0.05) is 0 Å². The minimum absolute atomic E-state index is 0.125. The van der Waals surface area contributed by atoms with E-state index in [-0.39, 0.29) is 29.0 Å². The monoisotopic (exact) mass is 252 g/mol. The Kier molecular flexibility index (Phi) is 3.10. The van der Waals surface area contributed by atoms with Crippen LogP contribution in [0, 0.1) is 0 Å². The summed E-state index contributed by atoms with van der Waals surface area (Å²) in [5.41, 5.74) is 0.185. The van der Waals surface area contributed by atoms with Gasteiger partial charge in [-0.25, -0.2) is 14.7 Å². The number of carboxylic acids is 1. The fourth-order valence-corrected chi connectivity index (χ4v) is 2.14. The van der Waals surface area contributed by atoms with Gasteiger partial charge in [0.1, 0.15) is 5.69 Å². The van der Waals surface area contributed by atoms with Gasteiger partial charge < -0.3 is 5.11 Å². The molecule has 1 fully saturated rings. The van der Waals surface area contributed by atoms with Gasteiger partial charge in [-0.15, -0.1) is 11.8 Å². The number of pyridine rings is 1. The highest BCUT2D eigenvalue weighted by Gasteiger charge is 2.28. The molecule has 1 aromatic rings. The maximum absolute atomic E-state index is 11.6. The molecule has 2 amide bonds. The van der Waals surface area contributed by atoms with Crippen LogP contribution in [0.3, 0.4) is 0 Å². The molecule has 1 saturated heterocycles. The number of rotatable bonds is 2. The summed E-state index contributed by atoms with van der Waals surface area (Å²) in [4.78, 5) is 38.4. The quantitative estimate of drug-likeness (QED) is 0.766. The lowest BCUT2D eigenvalue weighted by molar-refractivity contribution is -0.124. The zero-order valence-electron chi connectivity index (χ0n) is 8.62. The van der Waals surface area contributed by atoms with Gasteiger partial charge in [0.25, 0.3) is 0 Å². The van der Waals surface area contributed by atoms with Crippen molar-refractivity contribution in [1.29, 1.82) is 0 Å². The Morgan fingerprint density at radius 1 is 1.29 bits per heavy atom. The van der Waals surface area contributed by atoms with Crippen LogP contribution in [0.1, 0.15) is 10.5 Å². The summed E-state index contributed by atoms with van der Waals surface area (Å²) in [5.74, 6) is -1.28. The molecule has 2 rings (SSSR count). The molecule has 17 heavy (non-hydrogen) atoms. The average molecular weight is 252 g/mol. The van der Waals surface area contributed by atoms with Gasteiger partial charge in [-0.3, -0.25) is 9.59 Å². The number of imide groups is 1. The fraction of sp³-hybridized carbons (Fsp3) is 0.200. The Morgan fingerprint density at radius 2 is 1.94 bits per heavy atom. The van der Waals surface area contributed by atoms with E-state index < -0.39 is 5.97 Å². The highest BCUT2D eigenvalue weighted by atomic mass is 32.2. The Morgan fingerprint density at radius 3 is 2.41 bits per heavy atom. The highest BCUT2D eigenvalue weighted by Crippen LogP contribution is 2.20. The zero-order chi connectivity index (χ0) is 12.4. The first-order chi connectivity index (χ1) is 8.09. The van der Waals surface area contributed by atoms with Crippen LogP contribution in [0.25, 0.3) is 0 Å². The van der Waals surface area contributed by atoms with Gasteiger partial charge in [0.05, 0.1) is 23.4 Å². The van der Waals surface area contributed by atoms with E-state index >= 15 is 0 Å². The van der Waals surface area contributed by atoms with Crippen molar-refractivity contribution in [2.45, 2.75) is 0 Å². The molecular weight excluding hydrogens is 244 g/mol. The molecule has 6 nitrogen and oxygen atoms in total. The van der Waals surface area contributed by atoms with Crippen LogP contribution in [-0.4, -0.2) is 39.4 Å². The van der Waals surface area contributed by atoms with E-state index in [1.807, 2.05) is 0 Å². The summed E-state index contributed by atoms with van der Waals surface area (Å²) >= 11 is 1.26. The third-order valence-electron chi connectivity index (χ3n) is 2.18. The van der Waals surface area contributed by atoms with Gasteiger partial charge >= 0.3 is 5.97 Å². The first kappa shape index (κ1) is 11.6. The van der Waals surface area contributed by atoms with Gasteiger partial charge in [-0.05, 0) is 12.1 Å². The summed E-state index contributed by atoms with van der Waals surface area (Å²) in [6, 6.07) is 2.67. The third-order valence-corrected chi connectivity index (χ3v) is 3.08. The Hall–Kier alpha value is -1.89. The van der Waals surface area contributed by atoms with Crippen LogP contribution >= 0.6 is 11.8 Å². The summed E-state index contributed by atoms with van der Waals surface area (Å²) in [5, 5.41) is 8.68. The maximum atomic E-state index is 11.6. The third kappa shape index (κ3) is 2.28. The average Bonchev–Trinajstić information content (AvgIpc) is 2.29. The Balaban J connectivity index is 2.29. The van der Waals surface area contributed by atoms with E-state index in [1.165, 1.54) is 30.1 Å². The zero-order valence-corrected chi connectivity index (χ0v) is 9.44. The van der Waals surface area contributed by atoms with Crippen LogP contribution < -0.4 is 4.90 Å². The summed E-state index contributed by atoms with van der Waals surface area (Å²) < 4.78 is 0. The van der Waals surface area contributed by atoms with Crippen molar-refractivity contribution in [3.05, 3.63) is 24.0 Å². The number of hydrogen-bond acceptors (Lipinski definition) is 5. The van der Waals surface area contributed by atoms with E-state index in [0.29, 0.717) is 5.69 Å². The van der Waals surface area contributed by atoms with Crippen molar-refractivity contribution in [3.8, 4) is 0 Å². The second kappa shape index (κ2) is 4.54. The molecule has 0 atom stereocenters. The molecular formula is C10H8N2O4S. The van der Waals surface area contributed by atoms with E-state index in [2.05, 4.69) is 4.98 Å². The Labute approximate surface area is 101 Å². The second-order valence-electron chi connectivity index (χ2n) is 3.32. The predicted molar refractivity (Wildman–Crippen MR) is 61.0 cm³/mol. The smallest absolute Gasteiger partial charge is 0.354 e. The second-order valence-corrected chi connectivity index (χ2v) is 4.31. The van der Waals surface area contributed by atoms with E-state index in [4.69, 9.17) is 5.11 Å². The molecule has 0 aromatic carbocycles. The lowest BCUT2D eigenvalue weighted by Crippen LogP contribution is -2.43. The number of carboxylic acid groups (broad SMARTS) is 1. The number of amides is 2. The number of hydrogen-bond donors (Lipinski definition) is 1. The van der Waals surface area contributed by atoms with Crippen LogP contribution in [0.15, 0.2) is 18.3 Å². The van der Waals surface area contributed by atoms with Crippen molar-refractivity contribution in [2.24, 2.45) is 0 Å². The predicted octanol–water partition coefficient (Wildman–Crippen LogP) is 0.386. The standard InChI is InChI=1S/C10H8N2O4S/c13-8-4-17-5-9(14)12(8)6-1-2-7(10(15)16)11-3-6/h1-3H,4-5H2,(H,15,16). The number of aromatic nitrogens is 1. The van der Waals surface area contributed by atoms with Crippen molar-refractivity contribution in [3.63, 3.8) is 0 Å². The number of carbonyl (C=O) groups excluding carboxylic acids is 2. The first-order valence-electron chi connectivity index (χ1n) is 4.72. The fourth-order valence-electron chi connectivity index (χ4n) is 1.43. The van der Waals surface area contributed by atoms with Gasteiger partial charge in [-0.2, -0.15) is 0 Å². The SMILES string of the molecule is O=C(O)c1ccc(N2C(=O)CSCC2=O)cn1. The van der Waals surface area contributed by atoms with E-state index in [1.54, 1.807) is 0 Å². The molecule has 0 unspecified atom stereocenters. The van der Waals surface area contributed by atoms with Crippen LogP contribution in [0.2, 0.25) is 0 Å². The molecule has 1 N–H and O–H groups in total. The molecule has 0 saturated carbocycles. The number of carbonyl (C=O) groups is 3. The normalized spacial score (nSPS) is 16.1. The van der Waals surface area contributed by atoms with Crippen LogP contribution in [0.5, 0.6) is 0 Å². The number of anilines is 1. The molecule has 0 radical (unpaired) electrons. The van der Waals surface area contributed by atoms with Crippen LogP contribution in [-0.2, 0) is 9.59 Å². The first-order valence-corrected chi connectivity index (χ1v) is 5.88. The number of nitrogens with zero attached hydrogens (tertiary/aromatic N) is 2. The molecule has 1 aliphatic heterocycles. The molecule has 0 bridgehead atoms. The largest absolute Gasteiger partial charge is 0.477 e. The minimum Gasteiger partial charge on any atom is -0.477 e. The number of aromatic carboxylic acids is 1. The van der Waals surface area contributed by atoms with Crippen molar-refractivity contribution < 1.29 is 19.5 Å². The van der Waals surface area contributed by atoms with E-state index in [9.17, 15) is 14.4 Å². The van der Waals surface area contributed by atoms with Crippen molar-refractivity contribution >= 4 is 35.2 Å². The molecule has 1 aromatic heterocycles. The summed E-state index contributed by atoms with van der Waals surface area (Å²) in [6.45, 7) is 0. The van der Waals surface area contributed by atoms with E-state index in [0.717, 1.165) is 4.90 Å². The molecule has 0 aliphatic carbocycles. The van der Waals surface area contributed by atoms with Gasteiger partial charge in [0, 0.05) is 0 Å². The van der Waals surface area contributed by atoms with Gasteiger partial charge in [0.15, 0.2) is 0 Å². The highest BCUT2D eigenvalue weighted by molar-refractivity contribution is 8.00. The molecule has 1 aliphatic rings. The van der Waals surface area contributed by atoms with Crippen molar-refractivity contribution in [2.75, 3.05) is 16.4 Å². The van der Waals surface area contributed by atoms with Gasteiger partial charge in [0.2, 0.25) is 11.8 Å². The molecule has 2 heterocycles. The lowest BCUT2D eigenvalue weighted by atomic mass is 10.3. The molecule has 0 spiro atoms. The van der Waals surface area contributed by atoms with Crippen molar-refractivity contribution in [1.82, 2.24) is 4.98 Å². The minimum atomic E-state index is -1.15. The molecule has 88 valence electrons. The topological polar surface area (TPSA) is 87.6 Å². The summed E-state index contributed by atoms with van der Waals surface area (Å²) in [6.07, 6.45) is 1.22. The maximum Gasteiger partial charge on any atom is 0.354 e. The van der Waals surface area contributed by atoms with Crippen LogP contribution in [0.4, 0.5) is 5.69 Å². The molecule has 7 heteroatoms. The lowest BCUT2D eigenvalue weighted by Gasteiger charge is -2.24. The summed E-state index contributed by atoms with van der Waals surface area (Å²) in [7, 11) is 0.